The molecule has 3 heterocycles. The third kappa shape index (κ3) is 3.81. The van der Waals surface area contributed by atoms with Gasteiger partial charge in [-0.25, -0.2) is 4.79 Å². The molecule has 37 heavy (non-hydrogen) atoms. The molecule has 6 heteroatoms. The molecule has 0 bridgehead atoms. The number of benzene rings is 2. The number of aromatic amines is 1. The molecule has 0 atom stereocenters. The molecular formula is C31H35N5O. The summed E-state index contributed by atoms with van der Waals surface area (Å²) in [5.74, 6) is 2.31. The Bertz CT molecular complexity index is 1450. The SMILES string of the molecule is CCc1cc2c(cc1N1CCC(N3CCNCC3)CC1)C(C)(C)c1[nH]c3cc(C#N)ccc3c1C2=C=O. The molecule has 0 radical (unpaired) electrons. The lowest BCUT2D eigenvalue weighted by atomic mass is 9.69. The third-order valence-electron chi connectivity index (χ3n) is 8.92. The highest BCUT2D eigenvalue weighted by molar-refractivity contribution is 6.09. The molecule has 2 N–H and O–H groups in total. The van der Waals surface area contributed by atoms with Crippen LogP contribution in [0.15, 0.2) is 30.3 Å². The van der Waals surface area contributed by atoms with Crippen LogP contribution in [0.4, 0.5) is 5.69 Å². The number of rotatable bonds is 3. The van der Waals surface area contributed by atoms with Gasteiger partial charge in [-0.15, -0.1) is 0 Å². The van der Waals surface area contributed by atoms with Crippen LogP contribution < -0.4 is 10.2 Å². The number of fused-ring (bicyclic) bond motifs is 4. The van der Waals surface area contributed by atoms with Gasteiger partial charge in [-0.05, 0) is 60.2 Å². The quantitative estimate of drug-likeness (QED) is 0.530. The average Bonchev–Trinajstić information content (AvgIpc) is 3.33. The summed E-state index contributed by atoms with van der Waals surface area (Å²) in [6.45, 7) is 13.3. The van der Waals surface area contributed by atoms with E-state index < -0.39 is 0 Å². The first-order valence-corrected chi connectivity index (χ1v) is 13.7. The molecule has 0 spiro atoms. The van der Waals surface area contributed by atoms with Crippen molar-refractivity contribution in [2.45, 2.75) is 51.5 Å². The van der Waals surface area contributed by atoms with Crippen LogP contribution in [0, 0.1) is 11.3 Å². The van der Waals surface area contributed by atoms with E-state index in [4.69, 9.17) is 0 Å². The van der Waals surface area contributed by atoms with E-state index in [-0.39, 0.29) is 5.41 Å². The van der Waals surface area contributed by atoms with Crippen LogP contribution in [0.2, 0.25) is 0 Å². The van der Waals surface area contributed by atoms with Crippen molar-refractivity contribution in [2.75, 3.05) is 44.2 Å². The topological polar surface area (TPSA) is 75.2 Å². The number of piperazine rings is 1. The van der Waals surface area contributed by atoms with Crippen molar-refractivity contribution in [3.05, 3.63) is 63.8 Å². The highest BCUT2D eigenvalue weighted by atomic mass is 16.1. The van der Waals surface area contributed by atoms with Crippen LogP contribution in [0.5, 0.6) is 0 Å². The second-order valence-electron chi connectivity index (χ2n) is 11.2. The number of piperidine rings is 1. The number of anilines is 1. The van der Waals surface area contributed by atoms with E-state index >= 15 is 0 Å². The van der Waals surface area contributed by atoms with Gasteiger partial charge in [-0.3, -0.25) is 4.90 Å². The number of carbonyl (C=O) groups excluding carboxylic acids is 1. The predicted octanol–water partition coefficient (Wildman–Crippen LogP) is 4.38. The third-order valence-corrected chi connectivity index (χ3v) is 8.92. The zero-order chi connectivity index (χ0) is 25.7. The van der Waals surface area contributed by atoms with Crippen molar-refractivity contribution in [1.29, 1.82) is 5.26 Å². The number of hydrogen-bond acceptors (Lipinski definition) is 5. The van der Waals surface area contributed by atoms with Gasteiger partial charge in [0.1, 0.15) is 5.94 Å². The minimum Gasteiger partial charge on any atom is -0.371 e. The summed E-state index contributed by atoms with van der Waals surface area (Å²) in [5.41, 5.74) is 8.52. The lowest BCUT2D eigenvalue weighted by molar-refractivity contribution is 0.150. The largest absolute Gasteiger partial charge is 0.371 e. The maximum absolute atomic E-state index is 12.5. The summed E-state index contributed by atoms with van der Waals surface area (Å²) < 4.78 is 0. The van der Waals surface area contributed by atoms with Gasteiger partial charge in [0.05, 0.1) is 17.2 Å². The van der Waals surface area contributed by atoms with E-state index in [1.54, 1.807) is 0 Å². The summed E-state index contributed by atoms with van der Waals surface area (Å²) in [4.78, 5) is 21.3. The number of nitrogens with zero attached hydrogens (tertiary/aromatic N) is 3. The molecule has 2 saturated heterocycles. The van der Waals surface area contributed by atoms with Crippen molar-refractivity contribution < 1.29 is 4.79 Å². The predicted molar refractivity (Wildman–Crippen MR) is 149 cm³/mol. The summed E-state index contributed by atoms with van der Waals surface area (Å²) >= 11 is 0. The van der Waals surface area contributed by atoms with Gasteiger partial charge in [-0.1, -0.05) is 26.8 Å². The van der Waals surface area contributed by atoms with Gasteiger partial charge in [0.2, 0.25) is 0 Å². The molecule has 6 nitrogen and oxygen atoms in total. The first kappa shape index (κ1) is 24.0. The maximum Gasteiger partial charge on any atom is 0.133 e. The lowest BCUT2D eigenvalue weighted by Gasteiger charge is -2.42. The van der Waals surface area contributed by atoms with Crippen LogP contribution in [0.25, 0.3) is 16.5 Å². The van der Waals surface area contributed by atoms with Gasteiger partial charge in [0.25, 0.3) is 0 Å². The zero-order valence-corrected chi connectivity index (χ0v) is 22.1. The molecule has 0 unspecified atom stereocenters. The standard InChI is InChI=1S/C31H35N5O/c1-4-21-16-24-25(19-37)29-23-6-5-20(18-32)15-27(23)34-30(29)31(2,3)26(24)17-28(21)36-11-7-22(8-12-36)35-13-9-33-10-14-35/h5-6,15-17,22,33-34H,4,7-14H2,1-3H3. The lowest BCUT2D eigenvalue weighted by Crippen LogP contribution is -2.52. The minimum absolute atomic E-state index is 0.322. The molecule has 3 aromatic rings. The zero-order valence-electron chi connectivity index (χ0n) is 22.1. The molecular weight excluding hydrogens is 458 g/mol. The van der Waals surface area contributed by atoms with Crippen LogP contribution in [0.1, 0.15) is 67.1 Å². The van der Waals surface area contributed by atoms with E-state index in [1.807, 2.05) is 18.2 Å². The molecule has 2 aromatic carbocycles. The highest BCUT2D eigenvalue weighted by Gasteiger charge is 2.39. The van der Waals surface area contributed by atoms with Crippen molar-refractivity contribution in [2.24, 2.45) is 0 Å². The van der Waals surface area contributed by atoms with E-state index in [0.717, 1.165) is 73.4 Å². The fourth-order valence-corrected chi connectivity index (χ4v) is 6.82. The molecule has 0 saturated carbocycles. The second kappa shape index (κ2) is 9.19. The Kier molecular flexibility index (Phi) is 5.96. The van der Waals surface area contributed by atoms with Gasteiger partial charge >= 0.3 is 0 Å². The average molecular weight is 494 g/mol. The Morgan fingerprint density at radius 3 is 2.51 bits per heavy atom. The summed E-state index contributed by atoms with van der Waals surface area (Å²) in [7, 11) is 0. The van der Waals surface area contributed by atoms with Crippen molar-refractivity contribution in [3.8, 4) is 6.07 Å². The number of hydrogen-bond donors (Lipinski definition) is 2. The van der Waals surface area contributed by atoms with Crippen LogP contribution in [-0.2, 0) is 16.6 Å². The Morgan fingerprint density at radius 2 is 1.84 bits per heavy atom. The number of nitriles is 1. The fraction of sp³-hybridized carbons (Fsp3) is 0.452. The minimum atomic E-state index is -0.322. The van der Waals surface area contributed by atoms with E-state index in [2.05, 4.69) is 65.0 Å². The highest BCUT2D eigenvalue weighted by Crippen LogP contribution is 2.49. The monoisotopic (exact) mass is 493 g/mol. The summed E-state index contributed by atoms with van der Waals surface area (Å²) in [5, 5.41) is 13.9. The van der Waals surface area contributed by atoms with E-state index in [0.29, 0.717) is 17.2 Å². The number of nitrogens with one attached hydrogen (secondary N) is 2. The van der Waals surface area contributed by atoms with Crippen molar-refractivity contribution in [3.63, 3.8) is 0 Å². The molecule has 0 amide bonds. The van der Waals surface area contributed by atoms with E-state index in [9.17, 15) is 10.1 Å². The number of aryl methyl sites for hydroxylation is 1. The molecule has 2 fully saturated rings. The summed E-state index contributed by atoms with van der Waals surface area (Å²) in [6.07, 6.45) is 3.30. The molecule has 6 rings (SSSR count). The number of H-pyrrole nitrogens is 1. The first-order chi connectivity index (χ1) is 18.0. The summed E-state index contributed by atoms with van der Waals surface area (Å²) in [6, 6.07) is 13.2. The van der Waals surface area contributed by atoms with Gasteiger partial charge in [0.15, 0.2) is 0 Å². The normalized spacial score (nSPS) is 19.8. The Hall–Kier alpha value is -3.36. The Balaban J connectivity index is 1.40. The molecule has 1 aliphatic carbocycles. The molecule has 3 aliphatic rings. The fourth-order valence-electron chi connectivity index (χ4n) is 6.82. The van der Waals surface area contributed by atoms with Crippen LogP contribution in [0.3, 0.4) is 0 Å². The van der Waals surface area contributed by atoms with Gasteiger partial charge < -0.3 is 15.2 Å². The van der Waals surface area contributed by atoms with Crippen LogP contribution >= 0.6 is 0 Å². The molecule has 190 valence electrons. The smallest absolute Gasteiger partial charge is 0.133 e. The maximum atomic E-state index is 12.5. The van der Waals surface area contributed by atoms with Crippen molar-refractivity contribution >= 4 is 28.1 Å². The second-order valence-corrected chi connectivity index (χ2v) is 11.2. The van der Waals surface area contributed by atoms with Crippen LogP contribution in [-0.4, -0.2) is 61.1 Å². The van der Waals surface area contributed by atoms with E-state index in [1.165, 1.54) is 29.7 Å². The number of aromatic nitrogens is 1. The molecule has 2 aliphatic heterocycles. The van der Waals surface area contributed by atoms with Crippen molar-refractivity contribution in [1.82, 2.24) is 15.2 Å². The Morgan fingerprint density at radius 1 is 1.08 bits per heavy atom. The van der Waals surface area contributed by atoms with Gasteiger partial charge in [0, 0.05) is 78.6 Å². The van der Waals surface area contributed by atoms with Gasteiger partial charge in [-0.2, -0.15) is 5.26 Å². The molecule has 1 aromatic heterocycles. The Labute approximate surface area is 218 Å². The first-order valence-electron chi connectivity index (χ1n) is 13.7.